The summed E-state index contributed by atoms with van der Waals surface area (Å²) in [7, 11) is -2.03. The standard InChI is InChI=1S/C25H31N3O5S/c1-18(34(31,32)21-8-9-22-20(17-21)10-11-28(22)19(2)29)16-25(30)27-14-12-26(13-15-27)23-6-4-5-7-24(23)33-3/h4-9,17-18H,10-16H2,1-3H3/t18-/m1/s1. The van der Waals surface area contributed by atoms with Crippen LogP contribution in [0.15, 0.2) is 47.4 Å². The molecule has 0 aromatic heterocycles. The van der Waals surface area contributed by atoms with Gasteiger partial charge in [-0.15, -0.1) is 0 Å². The molecule has 0 spiro atoms. The lowest BCUT2D eigenvalue weighted by Crippen LogP contribution is -2.49. The number of piperazine rings is 1. The number of methoxy groups -OCH3 is 1. The Balaban J connectivity index is 1.39. The molecule has 2 amide bonds. The Morgan fingerprint density at radius 2 is 1.71 bits per heavy atom. The van der Waals surface area contributed by atoms with Crippen LogP contribution in [0.5, 0.6) is 5.75 Å². The maximum atomic E-state index is 13.2. The third-order valence-electron chi connectivity index (χ3n) is 6.71. The van der Waals surface area contributed by atoms with E-state index in [1.807, 2.05) is 24.3 Å². The van der Waals surface area contributed by atoms with E-state index in [4.69, 9.17) is 4.74 Å². The lowest BCUT2D eigenvalue weighted by molar-refractivity contribution is -0.131. The molecule has 1 fully saturated rings. The van der Waals surface area contributed by atoms with Crippen LogP contribution in [0, 0.1) is 0 Å². The van der Waals surface area contributed by atoms with Crippen molar-refractivity contribution in [2.24, 2.45) is 0 Å². The van der Waals surface area contributed by atoms with E-state index in [1.54, 1.807) is 42.0 Å². The minimum Gasteiger partial charge on any atom is -0.495 e. The second-order valence-corrected chi connectivity index (χ2v) is 11.2. The fourth-order valence-electron chi connectivity index (χ4n) is 4.69. The number of ether oxygens (including phenoxy) is 1. The van der Waals surface area contributed by atoms with Gasteiger partial charge in [0.1, 0.15) is 5.75 Å². The molecule has 0 N–H and O–H groups in total. The molecule has 0 aliphatic carbocycles. The van der Waals surface area contributed by atoms with Gasteiger partial charge in [0.15, 0.2) is 9.84 Å². The molecule has 0 radical (unpaired) electrons. The molecule has 0 unspecified atom stereocenters. The molecule has 2 aliphatic rings. The third kappa shape index (κ3) is 4.61. The number of anilines is 2. The van der Waals surface area contributed by atoms with E-state index in [0.29, 0.717) is 39.1 Å². The maximum Gasteiger partial charge on any atom is 0.224 e. The van der Waals surface area contributed by atoms with Crippen LogP contribution in [0.4, 0.5) is 11.4 Å². The molecular formula is C25H31N3O5S. The van der Waals surface area contributed by atoms with Gasteiger partial charge in [0.05, 0.1) is 22.9 Å². The van der Waals surface area contributed by atoms with Crippen LogP contribution in [-0.4, -0.2) is 70.2 Å². The summed E-state index contributed by atoms with van der Waals surface area (Å²) >= 11 is 0. The molecule has 8 nitrogen and oxygen atoms in total. The predicted octanol–water partition coefficient (Wildman–Crippen LogP) is 2.51. The van der Waals surface area contributed by atoms with E-state index in [9.17, 15) is 18.0 Å². The van der Waals surface area contributed by atoms with Gasteiger partial charge in [-0.1, -0.05) is 12.1 Å². The minimum absolute atomic E-state index is 0.0564. The molecule has 2 aromatic rings. The monoisotopic (exact) mass is 485 g/mol. The van der Waals surface area contributed by atoms with Crippen LogP contribution in [0.25, 0.3) is 0 Å². The van der Waals surface area contributed by atoms with Crippen LogP contribution in [0.2, 0.25) is 0 Å². The van der Waals surface area contributed by atoms with E-state index in [0.717, 1.165) is 22.7 Å². The summed E-state index contributed by atoms with van der Waals surface area (Å²) in [6.45, 7) is 6.03. The number of hydrogen-bond donors (Lipinski definition) is 0. The molecule has 0 saturated carbocycles. The van der Waals surface area contributed by atoms with Crippen molar-refractivity contribution in [1.29, 1.82) is 0 Å². The third-order valence-corrected chi connectivity index (χ3v) is 8.84. The number of fused-ring (bicyclic) bond motifs is 1. The Morgan fingerprint density at radius 3 is 2.38 bits per heavy atom. The molecule has 0 bridgehead atoms. The summed E-state index contributed by atoms with van der Waals surface area (Å²) in [5.74, 6) is 0.585. The molecule has 34 heavy (non-hydrogen) atoms. The van der Waals surface area contributed by atoms with Gasteiger partial charge in [-0.2, -0.15) is 0 Å². The maximum absolute atomic E-state index is 13.2. The largest absolute Gasteiger partial charge is 0.495 e. The summed E-state index contributed by atoms with van der Waals surface area (Å²) in [6, 6.07) is 12.7. The van der Waals surface area contributed by atoms with Gasteiger partial charge in [-0.25, -0.2) is 8.42 Å². The van der Waals surface area contributed by atoms with Gasteiger partial charge in [-0.05, 0) is 49.2 Å². The SMILES string of the molecule is COc1ccccc1N1CCN(C(=O)C[C@@H](C)S(=O)(=O)c2ccc3c(c2)CCN3C(C)=O)CC1. The highest BCUT2D eigenvalue weighted by atomic mass is 32.2. The average molecular weight is 486 g/mol. The smallest absolute Gasteiger partial charge is 0.224 e. The molecule has 1 saturated heterocycles. The second-order valence-electron chi connectivity index (χ2n) is 8.81. The Kier molecular flexibility index (Phi) is 6.84. The van der Waals surface area contributed by atoms with Crippen molar-refractivity contribution < 1.29 is 22.7 Å². The van der Waals surface area contributed by atoms with Crippen LogP contribution in [0.3, 0.4) is 0 Å². The van der Waals surface area contributed by atoms with Crippen molar-refractivity contribution in [1.82, 2.24) is 4.90 Å². The Hall–Kier alpha value is -3.07. The van der Waals surface area contributed by atoms with Gasteiger partial charge in [0.25, 0.3) is 0 Å². The van der Waals surface area contributed by atoms with E-state index >= 15 is 0 Å². The molecule has 2 heterocycles. The van der Waals surface area contributed by atoms with E-state index in [2.05, 4.69) is 4.90 Å². The summed E-state index contributed by atoms with van der Waals surface area (Å²) in [5.41, 5.74) is 2.61. The lowest BCUT2D eigenvalue weighted by Gasteiger charge is -2.37. The van der Waals surface area contributed by atoms with Crippen molar-refractivity contribution in [2.45, 2.75) is 36.8 Å². The Labute approximate surface area is 201 Å². The van der Waals surface area contributed by atoms with E-state index < -0.39 is 15.1 Å². The number of hydrogen-bond acceptors (Lipinski definition) is 6. The van der Waals surface area contributed by atoms with Gasteiger partial charge >= 0.3 is 0 Å². The predicted molar refractivity (Wildman–Crippen MR) is 131 cm³/mol. The first kappa shape index (κ1) is 24.1. The first-order chi connectivity index (χ1) is 16.2. The minimum atomic E-state index is -3.67. The number of carbonyl (C=O) groups excluding carboxylic acids is 2. The van der Waals surface area contributed by atoms with Gasteiger partial charge in [0.2, 0.25) is 11.8 Å². The van der Waals surface area contributed by atoms with E-state index in [1.165, 1.54) is 6.92 Å². The number of para-hydroxylation sites is 2. The van der Waals surface area contributed by atoms with Crippen molar-refractivity contribution in [3.63, 3.8) is 0 Å². The summed E-state index contributed by atoms with van der Waals surface area (Å²) in [4.78, 5) is 30.5. The van der Waals surface area contributed by atoms with Crippen LogP contribution in [0.1, 0.15) is 25.8 Å². The lowest BCUT2D eigenvalue weighted by atomic mass is 10.2. The van der Waals surface area contributed by atoms with Crippen LogP contribution < -0.4 is 14.5 Å². The van der Waals surface area contributed by atoms with Gasteiger partial charge < -0.3 is 19.4 Å². The molecule has 9 heteroatoms. The zero-order valence-electron chi connectivity index (χ0n) is 19.9. The first-order valence-corrected chi connectivity index (χ1v) is 13.1. The number of carbonyl (C=O) groups is 2. The summed E-state index contributed by atoms with van der Waals surface area (Å²) in [6.07, 6.45) is 0.565. The molecular weight excluding hydrogens is 454 g/mol. The Bertz CT molecular complexity index is 1190. The molecule has 182 valence electrons. The van der Waals surface area contributed by atoms with Crippen LogP contribution in [-0.2, 0) is 25.8 Å². The van der Waals surface area contributed by atoms with Crippen molar-refractivity contribution in [2.75, 3.05) is 49.6 Å². The van der Waals surface area contributed by atoms with Gasteiger partial charge in [0, 0.05) is 51.8 Å². The fraction of sp³-hybridized carbons (Fsp3) is 0.440. The second kappa shape index (κ2) is 9.66. The highest BCUT2D eigenvalue weighted by Gasteiger charge is 2.31. The van der Waals surface area contributed by atoms with E-state index in [-0.39, 0.29) is 23.1 Å². The number of benzene rings is 2. The molecule has 2 aliphatic heterocycles. The van der Waals surface area contributed by atoms with Gasteiger partial charge in [-0.3, -0.25) is 9.59 Å². The van der Waals surface area contributed by atoms with Crippen molar-refractivity contribution >= 4 is 33.0 Å². The zero-order chi connectivity index (χ0) is 24.5. The quantitative estimate of drug-likeness (QED) is 0.625. The number of sulfone groups is 1. The highest BCUT2D eigenvalue weighted by Crippen LogP contribution is 2.32. The molecule has 4 rings (SSSR count). The molecule has 1 atom stereocenters. The average Bonchev–Trinajstić information content (AvgIpc) is 3.27. The summed E-state index contributed by atoms with van der Waals surface area (Å²) in [5, 5.41) is -0.837. The number of amides is 2. The van der Waals surface area contributed by atoms with Crippen LogP contribution >= 0.6 is 0 Å². The number of nitrogens with zero attached hydrogens (tertiary/aromatic N) is 3. The topological polar surface area (TPSA) is 87.2 Å². The normalized spacial score (nSPS) is 16.9. The Morgan fingerprint density at radius 1 is 1.00 bits per heavy atom. The highest BCUT2D eigenvalue weighted by molar-refractivity contribution is 7.92. The molecule has 2 aromatic carbocycles. The summed E-state index contributed by atoms with van der Waals surface area (Å²) < 4.78 is 31.8. The number of rotatable bonds is 6. The fourth-order valence-corrected chi connectivity index (χ4v) is 6.08. The van der Waals surface area contributed by atoms with Crippen molar-refractivity contribution in [3.05, 3.63) is 48.0 Å². The zero-order valence-corrected chi connectivity index (χ0v) is 20.7. The first-order valence-electron chi connectivity index (χ1n) is 11.5. The van der Waals surface area contributed by atoms with Crippen molar-refractivity contribution in [3.8, 4) is 5.75 Å².